The van der Waals surface area contributed by atoms with Gasteiger partial charge >= 0.3 is 0 Å². The standard InChI is InChI=1S/C18H30N4O.HI/c1-14-7-6-10-20-16(14)13-21-17(19-5)22-11-8-15(9-12-22)23-18(2,3)4;/h6-7,10,15H,8-9,11-13H2,1-5H3,(H,19,21);1H. The molecule has 2 heterocycles. The topological polar surface area (TPSA) is 49.8 Å². The number of aryl methyl sites for hydroxylation is 1. The number of aromatic nitrogens is 1. The van der Waals surface area contributed by atoms with E-state index in [0.717, 1.165) is 37.6 Å². The van der Waals surface area contributed by atoms with Crippen molar-refractivity contribution >= 4 is 29.9 Å². The number of halogens is 1. The third-order valence-electron chi connectivity index (χ3n) is 4.01. The van der Waals surface area contributed by atoms with Crippen LogP contribution in [0.4, 0.5) is 0 Å². The fraction of sp³-hybridized carbons (Fsp3) is 0.667. The number of hydrogen-bond donors (Lipinski definition) is 1. The molecule has 1 aliphatic heterocycles. The fourth-order valence-electron chi connectivity index (χ4n) is 2.88. The van der Waals surface area contributed by atoms with Crippen molar-refractivity contribution in [2.75, 3.05) is 20.1 Å². The quantitative estimate of drug-likeness (QED) is 0.440. The Morgan fingerprint density at radius 1 is 1.38 bits per heavy atom. The molecule has 0 radical (unpaired) electrons. The molecular weight excluding hydrogens is 415 g/mol. The lowest BCUT2D eigenvalue weighted by Gasteiger charge is -2.36. The van der Waals surface area contributed by atoms with Crippen LogP contribution in [0.3, 0.4) is 0 Å². The van der Waals surface area contributed by atoms with E-state index in [1.54, 1.807) is 0 Å². The van der Waals surface area contributed by atoms with Gasteiger partial charge in [-0.15, -0.1) is 24.0 Å². The van der Waals surface area contributed by atoms with E-state index in [1.807, 2.05) is 19.3 Å². The number of aliphatic imine (C=N–C) groups is 1. The largest absolute Gasteiger partial charge is 0.372 e. The average Bonchev–Trinajstić information content (AvgIpc) is 2.49. The first-order valence-corrected chi connectivity index (χ1v) is 8.43. The Labute approximate surface area is 163 Å². The average molecular weight is 446 g/mol. The van der Waals surface area contributed by atoms with Gasteiger partial charge in [0.15, 0.2) is 5.96 Å². The lowest BCUT2D eigenvalue weighted by Crippen LogP contribution is -2.47. The minimum atomic E-state index is -0.0662. The van der Waals surface area contributed by atoms with E-state index in [9.17, 15) is 0 Å². The van der Waals surface area contributed by atoms with E-state index in [1.165, 1.54) is 5.56 Å². The number of ether oxygens (including phenoxy) is 1. The minimum Gasteiger partial charge on any atom is -0.372 e. The molecule has 0 amide bonds. The molecule has 1 saturated heterocycles. The molecule has 1 N–H and O–H groups in total. The number of nitrogens with one attached hydrogen (secondary N) is 1. The van der Waals surface area contributed by atoms with Crippen LogP contribution in [-0.4, -0.2) is 47.7 Å². The van der Waals surface area contributed by atoms with Crippen molar-refractivity contribution in [3.63, 3.8) is 0 Å². The molecule has 0 aliphatic carbocycles. The molecule has 6 heteroatoms. The summed E-state index contributed by atoms with van der Waals surface area (Å²) in [5.41, 5.74) is 2.20. The van der Waals surface area contributed by atoms with Crippen molar-refractivity contribution in [3.05, 3.63) is 29.6 Å². The second kappa shape index (κ2) is 9.56. The fourth-order valence-corrected chi connectivity index (χ4v) is 2.88. The third kappa shape index (κ3) is 6.55. The van der Waals surface area contributed by atoms with Crippen LogP contribution in [0.2, 0.25) is 0 Å². The van der Waals surface area contributed by atoms with Crippen LogP contribution in [0.15, 0.2) is 23.3 Å². The second-order valence-corrected chi connectivity index (χ2v) is 7.08. The van der Waals surface area contributed by atoms with E-state index < -0.39 is 0 Å². The molecule has 0 aromatic carbocycles. The van der Waals surface area contributed by atoms with Crippen LogP contribution in [0.25, 0.3) is 0 Å². The van der Waals surface area contributed by atoms with Gasteiger partial charge in [-0.1, -0.05) is 6.07 Å². The molecule has 0 spiro atoms. The molecule has 24 heavy (non-hydrogen) atoms. The predicted octanol–water partition coefficient (Wildman–Crippen LogP) is 3.36. The highest BCUT2D eigenvalue weighted by molar-refractivity contribution is 14.0. The van der Waals surface area contributed by atoms with Gasteiger partial charge in [0.1, 0.15) is 0 Å². The third-order valence-corrected chi connectivity index (χ3v) is 4.01. The highest BCUT2D eigenvalue weighted by Gasteiger charge is 2.25. The van der Waals surface area contributed by atoms with Crippen molar-refractivity contribution in [2.45, 2.75) is 58.8 Å². The summed E-state index contributed by atoms with van der Waals surface area (Å²) in [5, 5.41) is 3.43. The van der Waals surface area contributed by atoms with Gasteiger partial charge in [-0.25, -0.2) is 0 Å². The molecule has 2 rings (SSSR count). The monoisotopic (exact) mass is 446 g/mol. The lowest BCUT2D eigenvalue weighted by molar-refractivity contribution is -0.0772. The van der Waals surface area contributed by atoms with Crippen molar-refractivity contribution in [2.24, 2.45) is 4.99 Å². The summed E-state index contributed by atoms with van der Waals surface area (Å²) in [6.07, 6.45) is 4.27. The van der Waals surface area contributed by atoms with Gasteiger partial charge in [0.05, 0.1) is 23.9 Å². The molecule has 0 bridgehead atoms. The highest BCUT2D eigenvalue weighted by atomic mass is 127. The van der Waals surface area contributed by atoms with E-state index >= 15 is 0 Å². The van der Waals surface area contributed by atoms with Gasteiger partial charge < -0.3 is 15.0 Å². The normalized spacial score (nSPS) is 16.7. The maximum atomic E-state index is 6.09. The van der Waals surface area contributed by atoms with Gasteiger partial charge in [-0.3, -0.25) is 9.98 Å². The summed E-state index contributed by atoms with van der Waals surface area (Å²) in [6, 6.07) is 4.05. The summed E-state index contributed by atoms with van der Waals surface area (Å²) in [5.74, 6) is 0.948. The maximum Gasteiger partial charge on any atom is 0.193 e. The highest BCUT2D eigenvalue weighted by Crippen LogP contribution is 2.20. The van der Waals surface area contributed by atoms with E-state index in [-0.39, 0.29) is 29.6 Å². The summed E-state index contributed by atoms with van der Waals surface area (Å²) < 4.78 is 6.09. The molecule has 1 aliphatic rings. The number of hydrogen-bond acceptors (Lipinski definition) is 3. The predicted molar refractivity (Wildman–Crippen MR) is 110 cm³/mol. The Morgan fingerprint density at radius 2 is 2.04 bits per heavy atom. The van der Waals surface area contributed by atoms with Crippen molar-refractivity contribution in [1.29, 1.82) is 0 Å². The number of likely N-dealkylation sites (tertiary alicyclic amines) is 1. The Hall–Kier alpha value is -0.890. The molecule has 5 nitrogen and oxygen atoms in total. The summed E-state index contributed by atoms with van der Waals surface area (Å²) >= 11 is 0. The lowest BCUT2D eigenvalue weighted by atomic mass is 10.1. The number of piperidine rings is 1. The molecule has 0 atom stereocenters. The number of guanidine groups is 1. The Balaban J connectivity index is 0.00000288. The van der Waals surface area contributed by atoms with Gasteiger partial charge in [-0.05, 0) is 52.2 Å². The van der Waals surface area contributed by atoms with Crippen LogP contribution in [-0.2, 0) is 11.3 Å². The SMILES string of the molecule is CN=C(NCc1ncccc1C)N1CCC(OC(C)(C)C)CC1.I. The Morgan fingerprint density at radius 3 is 2.58 bits per heavy atom. The summed E-state index contributed by atoms with van der Waals surface area (Å²) in [7, 11) is 1.84. The molecule has 136 valence electrons. The Bertz CT molecular complexity index is 534. The van der Waals surface area contributed by atoms with Crippen molar-refractivity contribution in [3.8, 4) is 0 Å². The van der Waals surface area contributed by atoms with Gasteiger partial charge in [0.2, 0.25) is 0 Å². The zero-order chi connectivity index (χ0) is 16.9. The number of rotatable bonds is 3. The smallest absolute Gasteiger partial charge is 0.193 e. The van der Waals surface area contributed by atoms with Crippen LogP contribution < -0.4 is 5.32 Å². The molecule has 1 fully saturated rings. The van der Waals surface area contributed by atoms with E-state index in [0.29, 0.717) is 12.6 Å². The molecule has 1 aromatic heterocycles. The zero-order valence-electron chi connectivity index (χ0n) is 15.5. The van der Waals surface area contributed by atoms with E-state index in [2.05, 4.69) is 54.0 Å². The first-order valence-electron chi connectivity index (χ1n) is 8.43. The summed E-state index contributed by atoms with van der Waals surface area (Å²) in [6.45, 7) is 11.1. The first-order chi connectivity index (χ1) is 10.9. The zero-order valence-corrected chi connectivity index (χ0v) is 17.8. The minimum absolute atomic E-state index is 0. The second-order valence-electron chi connectivity index (χ2n) is 7.08. The van der Waals surface area contributed by atoms with Crippen molar-refractivity contribution in [1.82, 2.24) is 15.2 Å². The van der Waals surface area contributed by atoms with Gasteiger partial charge in [0, 0.05) is 26.3 Å². The molecule has 0 unspecified atom stereocenters. The summed E-state index contributed by atoms with van der Waals surface area (Å²) in [4.78, 5) is 11.2. The molecule has 0 saturated carbocycles. The van der Waals surface area contributed by atoms with Crippen molar-refractivity contribution < 1.29 is 4.74 Å². The Kier molecular flexibility index (Phi) is 8.42. The van der Waals surface area contributed by atoms with E-state index in [4.69, 9.17) is 4.74 Å². The van der Waals surface area contributed by atoms with Crippen LogP contribution >= 0.6 is 24.0 Å². The molecular formula is C18H31IN4O. The van der Waals surface area contributed by atoms with Crippen LogP contribution in [0.1, 0.15) is 44.9 Å². The molecule has 1 aromatic rings. The number of pyridine rings is 1. The first kappa shape index (κ1) is 21.2. The maximum absolute atomic E-state index is 6.09. The van der Waals surface area contributed by atoms with Crippen LogP contribution in [0.5, 0.6) is 0 Å². The van der Waals surface area contributed by atoms with Crippen LogP contribution in [0, 0.1) is 6.92 Å². The number of nitrogens with zero attached hydrogens (tertiary/aromatic N) is 3. The van der Waals surface area contributed by atoms with Gasteiger partial charge in [0.25, 0.3) is 0 Å². The van der Waals surface area contributed by atoms with Gasteiger partial charge in [-0.2, -0.15) is 0 Å².